The summed E-state index contributed by atoms with van der Waals surface area (Å²) in [7, 11) is 0. The molecule has 12 heavy (non-hydrogen) atoms. The van der Waals surface area contributed by atoms with Crippen LogP contribution < -0.4 is 5.11 Å². The van der Waals surface area contributed by atoms with Crippen molar-refractivity contribution in [2.45, 2.75) is 0 Å². The van der Waals surface area contributed by atoms with E-state index in [-0.39, 0.29) is 5.56 Å². The van der Waals surface area contributed by atoms with Crippen LogP contribution in [0, 0.1) is 12.3 Å². The molecule has 0 atom stereocenters. The Labute approximate surface area is 69.3 Å². The van der Waals surface area contributed by atoms with Crippen LogP contribution in [-0.4, -0.2) is 11.1 Å². The van der Waals surface area contributed by atoms with Crippen molar-refractivity contribution in [3.05, 3.63) is 29.3 Å². The number of carbonyl (C=O) groups is 1. The lowest BCUT2D eigenvalue weighted by Crippen LogP contribution is -2.03. The number of rotatable bonds is 1. The lowest BCUT2D eigenvalue weighted by molar-refractivity contribution is -0.268. The van der Waals surface area contributed by atoms with Crippen LogP contribution in [0.2, 0.25) is 0 Å². The van der Waals surface area contributed by atoms with Crippen LogP contribution in [0.5, 0.6) is 5.75 Å². The lowest BCUT2D eigenvalue weighted by atomic mass is 10.1. The fourth-order valence-corrected chi connectivity index (χ4v) is 0.789. The van der Waals surface area contributed by atoms with Gasteiger partial charge in [0.15, 0.2) is 0 Å². The van der Waals surface area contributed by atoms with Gasteiger partial charge < -0.3 is 10.2 Å². The Morgan fingerprint density at radius 2 is 2.25 bits per heavy atom. The first kappa shape index (κ1) is 8.15. The van der Waals surface area contributed by atoms with Crippen LogP contribution in [0.25, 0.3) is 0 Å². The molecular weight excluding hydrogens is 156 g/mol. The summed E-state index contributed by atoms with van der Waals surface area (Å²) in [6, 6.07) is 3.76. The van der Waals surface area contributed by atoms with E-state index in [0.29, 0.717) is 5.56 Å². The molecule has 3 nitrogen and oxygen atoms in total. The molecule has 0 heterocycles. The summed E-state index contributed by atoms with van der Waals surface area (Å²) in [5.74, 6) is 0.451. The molecule has 1 aromatic rings. The van der Waals surface area contributed by atoms with E-state index in [1.54, 1.807) is 0 Å². The van der Waals surface area contributed by atoms with Gasteiger partial charge in [-0.3, -0.25) is 0 Å². The molecule has 0 aliphatic heterocycles. The minimum absolute atomic E-state index is 0.256. The first-order chi connectivity index (χ1) is 5.65. The summed E-state index contributed by atoms with van der Waals surface area (Å²) in [4.78, 5) is 10.4. The summed E-state index contributed by atoms with van der Waals surface area (Å²) in [6.45, 7) is 0. The summed E-state index contributed by atoms with van der Waals surface area (Å²) in [5.41, 5.74) is 0.138. The van der Waals surface area contributed by atoms with E-state index >= 15 is 0 Å². The van der Waals surface area contributed by atoms with E-state index in [1.807, 2.05) is 0 Å². The molecule has 0 spiro atoms. The second kappa shape index (κ2) is 2.97. The molecule has 0 saturated heterocycles. The normalized spacial score (nSPS) is 8.92. The highest BCUT2D eigenvalue weighted by Crippen LogP contribution is 2.14. The van der Waals surface area contributed by atoms with E-state index in [2.05, 4.69) is 5.92 Å². The third kappa shape index (κ3) is 1.38. The Kier molecular flexibility index (Phi) is 2.02. The maximum Gasteiger partial charge on any atom is 0.335 e. The molecule has 0 unspecified atom stereocenters. The largest absolute Gasteiger partial charge is 0.872 e. The Morgan fingerprint density at radius 1 is 1.58 bits per heavy atom. The van der Waals surface area contributed by atoms with Gasteiger partial charge in [-0.1, -0.05) is 17.7 Å². The Balaban J connectivity index is 3.23. The van der Waals surface area contributed by atoms with Gasteiger partial charge in [0.25, 0.3) is 0 Å². The molecular formula is C9H5O3-. The number of hydrogen-bond acceptors (Lipinski definition) is 2. The Bertz CT molecular complexity index is 361. The van der Waals surface area contributed by atoms with Gasteiger partial charge in [-0.05, 0) is 12.1 Å². The van der Waals surface area contributed by atoms with E-state index in [4.69, 9.17) is 11.5 Å². The van der Waals surface area contributed by atoms with Gasteiger partial charge in [0, 0.05) is 5.56 Å². The molecule has 0 aliphatic rings. The molecule has 0 bridgehead atoms. The standard InChI is InChI=1S/C9H6O3/c1-2-6-3-4-7(9(11)12)8(10)5-6/h1,3-5,10H,(H,11,12)/p-1. The van der Waals surface area contributed by atoms with Crippen molar-refractivity contribution in [1.29, 1.82) is 0 Å². The second-order valence-corrected chi connectivity index (χ2v) is 2.16. The van der Waals surface area contributed by atoms with Crippen LogP contribution in [0.1, 0.15) is 15.9 Å². The minimum Gasteiger partial charge on any atom is -0.872 e. The van der Waals surface area contributed by atoms with Crippen LogP contribution in [-0.2, 0) is 0 Å². The zero-order valence-electron chi connectivity index (χ0n) is 6.07. The highest BCUT2D eigenvalue weighted by atomic mass is 16.4. The van der Waals surface area contributed by atoms with Gasteiger partial charge in [0.05, 0.1) is 5.56 Å². The first-order valence-electron chi connectivity index (χ1n) is 3.16. The topological polar surface area (TPSA) is 60.4 Å². The molecule has 3 heteroatoms. The van der Waals surface area contributed by atoms with Crippen molar-refractivity contribution in [3.63, 3.8) is 0 Å². The zero-order chi connectivity index (χ0) is 9.14. The second-order valence-electron chi connectivity index (χ2n) is 2.16. The fraction of sp³-hybridized carbons (Fsp3) is 0. The number of benzene rings is 1. The molecule has 1 aromatic carbocycles. The summed E-state index contributed by atoms with van der Waals surface area (Å²) in [5, 5.41) is 19.4. The van der Waals surface area contributed by atoms with Gasteiger partial charge in [-0.25, -0.2) is 4.79 Å². The van der Waals surface area contributed by atoms with Gasteiger partial charge in [-0.2, -0.15) is 0 Å². The molecule has 0 amide bonds. The molecule has 0 saturated carbocycles. The molecule has 0 aromatic heterocycles. The van der Waals surface area contributed by atoms with E-state index in [0.717, 1.165) is 6.07 Å². The number of carboxylic acids is 1. The lowest BCUT2D eigenvalue weighted by Gasteiger charge is -2.09. The maximum absolute atomic E-state index is 11.0. The number of terminal acetylenes is 1. The SMILES string of the molecule is C#Cc1ccc(C(=O)O)c([O-])c1. The predicted octanol–water partition coefficient (Wildman–Crippen LogP) is 0.440. The molecule has 1 rings (SSSR count). The summed E-state index contributed by atoms with van der Waals surface area (Å²) >= 11 is 0. The van der Waals surface area contributed by atoms with Gasteiger partial charge >= 0.3 is 5.97 Å². The molecule has 0 radical (unpaired) electrons. The third-order valence-electron chi connectivity index (χ3n) is 1.38. The van der Waals surface area contributed by atoms with Crippen molar-refractivity contribution in [1.82, 2.24) is 0 Å². The Hall–Kier alpha value is -1.95. The monoisotopic (exact) mass is 161 g/mol. The van der Waals surface area contributed by atoms with Crippen LogP contribution in [0.15, 0.2) is 18.2 Å². The van der Waals surface area contributed by atoms with Crippen LogP contribution in [0.4, 0.5) is 0 Å². The first-order valence-corrected chi connectivity index (χ1v) is 3.16. The average Bonchev–Trinajstić information content (AvgIpc) is 2.03. The van der Waals surface area contributed by atoms with Crippen molar-refractivity contribution < 1.29 is 15.0 Å². The Morgan fingerprint density at radius 3 is 2.67 bits per heavy atom. The highest BCUT2D eigenvalue weighted by Gasteiger charge is 2.02. The van der Waals surface area contributed by atoms with Gasteiger partial charge in [-0.15, -0.1) is 6.42 Å². The third-order valence-corrected chi connectivity index (χ3v) is 1.38. The van der Waals surface area contributed by atoms with E-state index < -0.39 is 11.7 Å². The minimum atomic E-state index is -1.23. The fourth-order valence-electron chi connectivity index (χ4n) is 0.789. The average molecular weight is 161 g/mol. The van der Waals surface area contributed by atoms with Crippen molar-refractivity contribution in [2.24, 2.45) is 0 Å². The van der Waals surface area contributed by atoms with Crippen molar-refractivity contribution >= 4 is 5.97 Å². The van der Waals surface area contributed by atoms with Crippen LogP contribution in [0.3, 0.4) is 0 Å². The van der Waals surface area contributed by atoms with Crippen LogP contribution >= 0.6 is 0 Å². The molecule has 60 valence electrons. The highest BCUT2D eigenvalue weighted by molar-refractivity contribution is 5.90. The van der Waals surface area contributed by atoms with Gasteiger partial charge in [0.1, 0.15) is 0 Å². The number of carboxylic acid groups (broad SMARTS) is 1. The van der Waals surface area contributed by atoms with Crippen molar-refractivity contribution in [3.8, 4) is 18.1 Å². The summed E-state index contributed by atoms with van der Waals surface area (Å²) in [6.07, 6.45) is 5.01. The number of aromatic carboxylic acids is 1. The van der Waals surface area contributed by atoms with Gasteiger partial charge in [0.2, 0.25) is 0 Å². The van der Waals surface area contributed by atoms with Crippen molar-refractivity contribution in [2.75, 3.05) is 0 Å². The smallest absolute Gasteiger partial charge is 0.335 e. The number of hydrogen-bond donors (Lipinski definition) is 1. The van der Waals surface area contributed by atoms with E-state index in [9.17, 15) is 9.90 Å². The molecule has 0 fully saturated rings. The van der Waals surface area contributed by atoms with E-state index in [1.165, 1.54) is 12.1 Å². The molecule has 1 N–H and O–H groups in total. The summed E-state index contributed by atoms with van der Waals surface area (Å²) < 4.78 is 0. The zero-order valence-corrected chi connectivity index (χ0v) is 6.07. The maximum atomic E-state index is 11.0. The predicted molar refractivity (Wildman–Crippen MR) is 40.8 cm³/mol. The quantitative estimate of drug-likeness (QED) is 0.608. The molecule has 0 aliphatic carbocycles.